The maximum Gasteiger partial charge on any atom is 0.340 e. The van der Waals surface area contributed by atoms with E-state index in [-0.39, 0.29) is 11.7 Å². The molecule has 9 heteroatoms. The third-order valence-corrected chi connectivity index (χ3v) is 6.92. The number of phenolic OH excluding ortho intramolecular Hbond substituents is 1. The summed E-state index contributed by atoms with van der Waals surface area (Å²) in [5.41, 5.74) is 2.95. The Bertz CT molecular complexity index is 1000. The van der Waals surface area contributed by atoms with Crippen LogP contribution < -0.4 is 0 Å². The van der Waals surface area contributed by atoms with Crippen LogP contribution in [0.25, 0.3) is 10.9 Å². The lowest BCUT2D eigenvalue weighted by Gasteiger charge is -2.15. The summed E-state index contributed by atoms with van der Waals surface area (Å²) in [5, 5.41) is 13.4. The molecule has 0 aliphatic carbocycles. The van der Waals surface area contributed by atoms with Gasteiger partial charge in [-0.3, -0.25) is 0 Å². The Hall–Kier alpha value is -1.55. The number of esters is 1. The highest BCUT2D eigenvalue weighted by Gasteiger charge is 2.27. The summed E-state index contributed by atoms with van der Waals surface area (Å²) in [4.78, 5) is 19.2. The molecule has 0 aliphatic rings. The van der Waals surface area contributed by atoms with Gasteiger partial charge >= 0.3 is 5.97 Å². The molecule has 6 nitrogen and oxygen atoms in total. The fraction of sp³-hybridized carbons (Fsp3) is 0.368. The maximum absolute atomic E-state index is 12.9. The minimum Gasteiger partial charge on any atom is -0.506 e. The lowest BCUT2D eigenvalue weighted by Crippen LogP contribution is -2.13. The number of aromatic hydroxyl groups is 1. The van der Waals surface area contributed by atoms with Crippen LogP contribution in [-0.4, -0.2) is 46.2 Å². The van der Waals surface area contributed by atoms with Gasteiger partial charge in [0.1, 0.15) is 10.1 Å². The van der Waals surface area contributed by atoms with E-state index in [2.05, 4.69) is 20.9 Å². The van der Waals surface area contributed by atoms with Crippen LogP contribution in [0.4, 0.5) is 0 Å². The molecule has 3 aromatic rings. The molecule has 0 amide bonds. The van der Waals surface area contributed by atoms with E-state index in [9.17, 15) is 9.90 Å². The van der Waals surface area contributed by atoms with Gasteiger partial charge in [-0.1, -0.05) is 11.8 Å². The van der Waals surface area contributed by atoms with E-state index in [1.807, 2.05) is 42.1 Å². The molecular weight excluding hydrogens is 462 g/mol. The van der Waals surface area contributed by atoms with E-state index in [1.54, 1.807) is 36.2 Å². The minimum absolute atomic E-state index is 0.150. The Morgan fingerprint density at radius 1 is 1.46 bits per heavy atom. The lowest BCUT2D eigenvalue weighted by atomic mass is 10.0. The van der Waals surface area contributed by atoms with Crippen LogP contribution in [-0.2, 0) is 24.1 Å². The predicted molar refractivity (Wildman–Crippen MR) is 117 cm³/mol. The van der Waals surface area contributed by atoms with Gasteiger partial charge < -0.3 is 19.3 Å². The summed E-state index contributed by atoms with van der Waals surface area (Å²) < 4.78 is 8.93. The molecule has 0 atom stereocenters. The number of carbonyl (C=O) groups is 1. The predicted octanol–water partition coefficient (Wildman–Crippen LogP) is 4.63. The number of carbonyl (C=O) groups excluding carboxylic acids is 1. The van der Waals surface area contributed by atoms with E-state index in [1.165, 1.54) is 0 Å². The van der Waals surface area contributed by atoms with Crippen LogP contribution >= 0.6 is 39.0 Å². The van der Waals surface area contributed by atoms with Crippen molar-refractivity contribution in [3.8, 4) is 5.75 Å². The summed E-state index contributed by atoms with van der Waals surface area (Å²) in [7, 11) is 5.79. The van der Waals surface area contributed by atoms with Crippen LogP contribution in [0.15, 0.2) is 26.5 Å². The van der Waals surface area contributed by atoms with Crippen LogP contribution in [0.3, 0.4) is 0 Å². The third kappa shape index (κ3) is 4.07. The number of thiazole rings is 1. The van der Waals surface area contributed by atoms with Crippen molar-refractivity contribution in [3.05, 3.63) is 38.9 Å². The quantitative estimate of drug-likeness (QED) is 0.390. The third-order valence-electron chi connectivity index (χ3n) is 4.33. The van der Waals surface area contributed by atoms with Crippen molar-refractivity contribution in [1.29, 1.82) is 0 Å². The zero-order chi connectivity index (χ0) is 20.4. The maximum atomic E-state index is 12.9. The van der Waals surface area contributed by atoms with Gasteiger partial charge in [0.25, 0.3) is 0 Å². The average molecular weight is 484 g/mol. The second-order valence-corrected chi connectivity index (χ2v) is 9.48. The van der Waals surface area contributed by atoms with Crippen LogP contribution in [0.2, 0.25) is 0 Å². The van der Waals surface area contributed by atoms with Gasteiger partial charge in [-0.25, -0.2) is 9.78 Å². The summed E-state index contributed by atoms with van der Waals surface area (Å²) in [6.07, 6.45) is 1.77. The van der Waals surface area contributed by atoms with Gasteiger partial charge in [0, 0.05) is 47.6 Å². The van der Waals surface area contributed by atoms with Crippen LogP contribution in [0.5, 0.6) is 5.75 Å². The zero-order valence-electron chi connectivity index (χ0n) is 16.2. The Morgan fingerprint density at radius 3 is 2.82 bits per heavy atom. The van der Waals surface area contributed by atoms with Crippen molar-refractivity contribution in [3.63, 3.8) is 0 Å². The fourth-order valence-corrected chi connectivity index (χ4v) is 5.32. The van der Waals surface area contributed by atoms with E-state index < -0.39 is 0 Å². The molecule has 0 bridgehead atoms. The Morgan fingerprint density at radius 2 is 2.21 bits per heavy atom. The van der Waals surface area contributed by atoms with Gasteiger partial charge in [0.05, 0.1) is 22.2 Å². The number of hydrogen-bond donors (Lipinski definition) is 1. The van der Waals surface area contributed by atoms with Crippen molar-refractivity contribution < 1.29 is 14.6 Å². The summed E-state index contributed by atoms with van der Waals surface area (Å²) in [5.74, 6) is 0.355. The number of rotatable bonds is 7. The number of halogens is 1. The molecule has 2 heterocycles. The first kappa shape index (κ1) is 21.2. The van der Waals surface area contributed by atoms with E-state index >= 15 is 0 Å². The van der Waals surface area contributed by atoms with Crippen molar-refractivity contribution in [2.24, 2.45) is 7.05 Å². The largest absolute Gasteiger partial charge is 0.506 e. The zero-order valence-corrected chi connectivity index (χ0v) is 19.4. The molecule has 150 valence electrons. The smallest absolute Gasteiger partial charge is 0.340 e. The summed E-state index contributed by atoms with van der Waals surface area (Å²) >= 11 is 6.60. The Labute approximate surface area is 180 Å². The number of nitrogens with zero attached hydrogens (tertiary/aromatic N) is 3. The summed E-state index contributed by atoms with van der Waals surface area (Å²) in [6, 6.07) is 1.85. The topological polar surface area (TPSA) is 67.6 Å². The number of fused-ring (bicyclic) bond motifs is 1. The van der Waals surface area contributed by atoms with Gasteiger partial charge in [-0.2, -0.15) is 0 Å². The molecule has 0 radical (unpaired) electrons. The number of benzene rings is 1. The molecule has 0 fully saturated rings. The van der Waals surface area contributed by atoms with Gasteiger partial charge in [-0.15, -0.1) is 11.3 Å². The van der Waals surface area contributed by atoms with Crippen molar-refractivity contribution in [1.82, 2.24) is 14.5 Å². The molecule has 0 saturated carbocycles. The standard InChI is InChI=1S/C19H22BrN3O3S2/c1-5-26-18(25)16-14(10-28-19-21-6-7-27-19)23(4)13-8-12(20)17(24)11(15(13)16)9-22(2)3/h6-8,24H,5,9-10H2,1-4H3. The highest BCUT2D eigenvalue weighted by molar-refractivity contribution is 9.10. The fourth-order valence-electron chi connectivity index (χ4n) is 3.15. The second-order valence-electron chi connectivity index (χ2n) is 6.51. The molecule has 0 unspecified atom stereocenters. The van der Waals surface area contributed by atoms with Gasteiger partial charge in [0.2, 0.25) is 0 Å². The summed E-state index contributed by atoms with van der Waals surface area (Å²) in [6.45, 7) is 2.58. The number of thioether (sulfide) groups is 1. The highest BCUT2D eigenvalue weighted by atomic mass is 79.9. The first-order valence-electron chi connectivity index (χ1n) is 8.70. The van der Waals surface area contributed by atoms with Crippen LogP contribution in [0.1, 0.15) is 28.5 Å². The molecule has 2 aromatic heterocycles. The van der Waals surface area contributed by atoms with Crippen LogP contribution in [0, 0.1) is 0 Å². The SMILES string of the molecule is CCOC(=O)c1c(CSc2nccs2)n(C)c2cc(Br)c(O)c(CN(C)C)c12. The van der Waals surface area contributed by atoms with Crippen molar-refractivity contribution in [2.75, 3.05) is 20.7 Å². The highest BCUT2D eigenvalue weighted by Crippen LogP contribution is 2.41. The van der Waals surface area contributed by atoms with Gasteiger partial charge in [0.15, 0.2) is 0 Å². The van der Waals surface area contributed by atoms with E-state index in [0.717, 1.165) is 20.9 Å². The van der Waals surface area contributed by atoms with E-state index in [0.29, 0.717) is 34.5 Å². The minimum atomic E-state index is -0.371. The number of aromatic nitrogens is 2. The molecule has 3 rings (SSSR count). The van der Waals surface area contributed by atoms with Crippen molar-refractivity contribution in [2.45, 2.75) is 23.6 Å². The Kier molecular flexibility index (Phi) is 6.69. The molecule has 0 saturated heterocycles. The molecule has 0 aliphatic heterocycles. The molecule has 1 aromatic carbocycles. The number of ether oxygens (including phenoxy) is 1. The number of hydrogen-bond acceptors (Lipinski definition) is 7. The van der Waals surface area contributed by atoms with E-state index in [4.69, 9.17) is 4.74 Å². The average Bonchev–Trinajstić information content (AvgIpc) is 3.24. The first-order valence-corrected chi connectivity index (χ1v) is 11.4. The monoisotopic (exact) mass is 483 g/mol. The molecule has 1 N–H and O–H groups in total. The number of phenols is 1. The second kappa shape index (κ2) is 8.86. The molecule has 0 spiro atoms. The Balaban J connectivity index is 2.24. The molecular formula is C19H22BrN3O3S2. The normalized spacial score (nSPS) is 11.5. The van der Waals surface area contributed by atoms with Crippen molar-refractivity contribution >= 4 is 55.9 Å². The molecule has 28 heavy (non-hydrogen) atoms. The lowest BCUT2D eigenvalue weighted by molar-refractivity contribution is 0.0527. The first-order chi connectivity index (χ1) is 13.3. The number of aryl methyl sites for hydroxylation is 1. The van der Waals surface area contributed by atoms with Gasteiger partial charge in [-0.05, 0) is 43.0 Å².